The van der Waals surface area contributed by atoms with Crippen molar-refractivity contribution in [2.45, 2.75) is 52.7 Å². The maximum atomic E-state index is 12.0. The van der Waals surface area contributed by atoms with E-state index < -0.39 is 17.7 Å². The number of carbonyl (C=O) groups is 2. The lowest BCUT2D eigenvalue weighted by Crippen LogP contribution is -2.45. The van der Waals surface area contributed by atoms with E-state index in [4.69, 9.17) is 9.47 Å². The summed E-state index contributed by atoms with van der Waals surface area (Å²) in [6.45, 7) is 10.0. The Labute approximate surface area is 108 Å². The SMILES string of the molecule is CCOC(=O)[C@H]1[C@@H](C)CCN1C(=O)OC(C)(C)C. The summed E-state index contributed by atoms with van der Waals surface area (Å²) in [4.78, 5) is 25.4. The first-order valence-corrected chi connectivity index (χ1v) is 6.42. The van der Waals surface area contributed by atoms with Crippen LogP contribution in [0.1, 0.15) is 41.0 Å². The highest BCUT2D eigenvalue weighted by atomic mass is 16.6. The van der Waals surface area contributed by atoms with Crippen LogP contribution in [-0.2, 0) is 14.3 Å². The number of ether oxygens (including phenoxy) is 2. The topological polar surface area (TPSA) is 55.8 Å². The number of likely N-dealkylation sites (tertiary alicyclic amines) is 1. The van der Waals surface area contributed by atoms with Gasteiger partial charge in [-0.3, -0.25) is 4.90 Å². The molecule has 0 radical (unpaired) electrons. The predicted molar refractivity (Wildman–Crippen MR) is 67.1 cm³/mol. The third-order valence-corrected chi connectivity index (χ3v) is 2.86. The van der Waals surface area contributed by atoms with Gasteiger partial charge in [-0.25, -0.2) is 9.59 Å². The van der Waals surface area contributed by atoms with Gasteiger partial charge < -0.3 is 9.47 Å². The second-order valence-corrected chi connectivity index (χ2v) is 5.64. The van der Waals surface area contributed by atoms with Crippen molar-refractivity contribution < 1.29 is 19.1 Å². The number of nitrogens with zero attached hydrogens (tertiary/aromatic N) is 1. The minimum Gasteiger partial charge on any atom is -0.464 e. The lowest BCUT2D eigenvalue weighted by molar-refractivity contribution is -0.149. The molecule has 0 saturated carbocycles. The maximum absolute atomic E-state index is 12.0. The van der Waals surface area contributed by atoms with Crippen molar-refractivity contribution in [1.82, 2.24) is 4.90 Å². The molecule has 2 atom stereocenters. The van der Waals surface area contributed by atoms with Crippen LogP contribution in [0.3, 0.4) is 0 Å². The van der Waals surface area contributed by atoms with E-state index in [0.717, 1.165) is 6.42 Å². The van der Waals surface area contributed by atoms with E-state index in [9.17, 15) is 9.59 Å². The minimum atomic E-state index is -0.553. The summed E-state index contributed by atoms with van der Waals surface area (Å²) in [7, 11) is 0. The Balaban J connectivity index is 2.74. The Bertz CT molecular complexity index is 321. The minimum absolute atomic E-state index is 0.108. The molecule has 0 aromatic rings. The molecule has 0 aromatic carbocycles. The van der Waals surface area contributed by atoms with Gasteiger partial charge in [0.25, 0.3) is 0 Å². The second-order valence-electron chi connectivity index (χ2n) is 5.64. The van der Waals surface area contributed by atoms with Gasteiger partial charge in [0.15, 0.2) is 0 Å². The molecule has 1 aliphatic rings. The van der Waals surface area contributed by atoms with E-state index in [1.165, 1.54) is 4.90 Å². The van der Waals surface area contributed by atoms with Crippen LogP contribution in [0.25, 0.3) is 0 Å². The molecule has 1 rings (SSSR count). The summed E-state index contributed by atoms with van der Waals surface area (Å²) in [6.07, 6.45) is 0.354. The van der Waals surface area contributed by atoms with Crippen LogP contribution < -0.4 is 0 Å². The number of amides is 1. The Morgan fingerprint density at radius 1 is 1.33 bits per heavy atom. The van der Waals surface area contributed by atoms with Crippen LogP contribution in [-0.4, -0.2) is 41.8 Å². The zero-order valence-electron chi connectivity index (χ0n) is 11.9. The van der Waals surface area contributed by atoms with E-state index in [1.54, 1.807) is 6.92 Å². The molecule has 1 aliphatic heterocycles. The normalized spacial score (nSPS) is 23.9. The van der Waals surface area contributed by atoms with Crippen LogP contribution in [0.5, 0.6) is 0 Å². The van der Waals surface area contributed by atoms with Crippen LogP contribution in [0.2, 0.25) is 0 Å². The van der Waals surface area contributed by atoms with Gasteiger partial charge in [0, 0.05) is 6.54 Å². The lowest BCUT2D eigenvalue weighted by atomic mass is 10.0. The molecule has 5 nitrogen and oxygen atoms in total. The molecule has 18 heavy (non-hydrogen) atoms. The number of hydrogen-bond acceptors (Lipinski definition) is 4. The molecule has 0 spiro atoms. The van der Waals surface area contributed by atoms with Crippen LogP contribution >= 0.6 is 0 Å². The van der Waals surface area contributed by atoms with Gasteiger partial charge in [-0.15, -0.1) is 0 Å². The van der Waals surface area contributed by atoms with Crippen LogP contribution in [0, 0.1) is 5.92 Å². The third-order valence-electron chi connectivity index (χ3n) is 2.86. The van der Waals surface area contributed by atoms with Gasteiger partial charge in [0.05, 0.1) is 6.61 Å². The molecular formula is C13H23NO4. The average molecular weight is 257 g/mol. The quantitative estimate of drug-likeness (QED) is 0.712. The van der Waals surface area contributed by atoms with Crippen molar-refractivity contribution in [2.24, 2.45) is 5.92 Å². The van der Waals surface area contributed by atoms with Gasteiger partial charge in [-0.2, -0.15) is 0 Å². The predicted octanol–water partition coefficient (Wildman–Crippen LogP) is 2.20. The molecule has 0 N–H and O–H groups in total. The van der Waals surface area contributed by atoms with E-state index in [-0.39, 0.29) is 11.9 Å². The molecule has 1 heterocycles. The van der Waals surface area contributed by atoms with Gasteiger partial charge in [0.2, 0.25) is 0 Å². The summed E-state index contributed by atoms with van der Waals surface area (Å²) < 4.78 is 10.3. The third kappa shape index (κ3) is 3.62. The Morgan fingerprint density at radius 2 is 1.94 bits per heavy atom. The molecule has 1 amide bonds. The largest absolute Gasteiger partial charge is 0.464 e. The smallest absolute Gasteiger partial charge is 0.411 e. The lowest BCUT2D eigenvalue weighted by Gasteiger charge is -2.28. The summed E-state index contributed by atoms with van der Waals surface area (Å²) in [5.41, 5.74) is -0.553. The van der Waals surface area contributed by atoms with Crippen LogP contribution in [0.4, 0.5) is 4.79 Å². The number of hydrogen-bond donors (Lipinski definition) is 0. The first-order valence-electron chi connectivity index (χ1n) is 6.42. The summed E-state index contributed by atoms with van der Waals surface area (Å²) in [5.74, 6) is -0.232. The van der Waals surface area contributed by atoms with Gasteiger partial charge >= 0.3 is 12.1 Å². The van der Waals surface area contributed by atoms with E-state index in [2.05, 4.69) is 0 Å². The maximum Gasteiger partial charge on any atom is 0.411 e. The average Bonchev–Trinajstić information content (AvgIpc) is 2.58. The number of esters is 1. The summed E-state index contributed by atoms with van der Waals surface area (Å²) in [6, 6.07) is -0.514. The number of rotatable bonds is 2. The van der Waals surface area contributed by atoms with Crippen molar-refractivity contribution >= 4 is 12.1 Å². The van der Waals surface area contributed by atoms with Crippen molar-refractivity contribution in [3.05, 3.63) is 0 Å². The zero-order valence-corrected chi connectivity index (χ0v) is 11.9. The Hall–Kier alpha value is -1.26. The van der Waals surface area contributed by atoms with Crippen molar-refractivity contribution in [3.63, 3.8) is 0 Å². The highest BCUT2D eigenvalue weighted by molar-refractivity contribution is 5.82. The molecule has 104 valence electrons. The molecule has 0 aliphatic carbocycles. The molecular weight excluding hydrogens is 234 g/mol. The van der Waals surface area contributed by atoms with Gasteiger partial charge in [-0.05, 0) is 40.0 Å². The first-order chi connectivity index (χ1) is 8.26. The van der Waals surface area contributed by atoms with Crippen molar-refractivity contribution in [1.29, 1.82) is 0 Å². The monoisotopic (exact) mass is 257 g/mol. The summed E-state index contributed by atoms with van der Waals surface area (Å²) >= 11 is 0. The molecule has 0 aromatic heterocycles. The standard InChI is InChI=1S/C13H23NO4/c1-6-17-11(15)10-9(2)7-8-14(10)12(16)18-13(3,4)5/h9-10H,6-8H2,1-5H3/t9-,10+/m0/s1. The highest BCUT2D eigenvalue weighted by Gasteiger charge is 2.42. The van der Waals surface area contributed by atoms with E-state index in [1.807, 2.05) is 27.7 Å². The summed E-state index contributed by atoms with van der Waals surface area (Å²) in [5, 5.41) is 0. The fourth-order valence-electron chi connectivity index (χ4n) is 2.06. The van der Waals surface area contributed by atoms with Gasteiger partial charge in [0.1, 0.15) is 11.6 Å². The van der Waals surface area contributed by atoms with E-state index >= 15 is 0 Å². The molecule has 1 saturated heterocycles. The number of carbonyl (C=O) groups excluding carboxylic acids is 2. The van der Waals surface area contributed by atoms with E-state index in [0.29, 0.717) is 13.2 Å². The molecule has 0 bridgehead atoms. The second kappa shape index (κ2) is 5.59. The zero-order chi connectivity index (χ0) is 13.9. The Morgan fingerprint density at radius 3 is 2.44 bits per heavy atom. The molecule has 0 unspecified atom stereocenters. The fourth-order valence-corrected chi connectivity index (χ4v) is 2.06. The van der Waals surface area contributed by atoms with Crippen molar-refractivity contribution in [2.75, 3.05) is 13.2 Å². The first kappa shape index (κ1) is 14.8. The molecule has 1 fully saturated rings. The highest BCUT2D eigenvalue weighted by Crippen LogP contribution is 2.26. The van der Waals surface area contributed by atoms with Crippen LogP contribution in [0.15, 0.2) is 0 Å². The Kier molecular flexibility index (Phi) is 4.59. The molecule has 5 heteroatoms. The van der Waals surface area contributed by atoms with Gasteiger partial charge in [-0.1, -0.05) is 6.92 Å². The fraction of sp³-hybridized carbons (Fsp3) is 0.846. The van der Waals surface area contributed by atoms with Crippen molar-refractivity contribution in [3.8, 4) is 0 Å².